The minimum Gasteiger partial charge on any atom is -0.198 e. The third-order valence-electron chi connectivity index (χ3n) is 2.47. The lowest BCUT2D eigenvalue weighted by Gasteiger charge is -2.04. The van der Waals surface area contributed by atoms with Crippen LogP contribution in [0.4, 0.5) is 0 Å². The Labute approximate surface area is 56.7 Å². The Kier molecular flexibility index (Phi) is 1.75. The molecule has 0 spiro atoms. The predicted octanol–water partition coefficient (Wildman–Crippen LogP) is 2.19. The molecule has 9 heavy (non-hydrogen) atoms. The van der Waals surface area contributed by atoms with Gasteiger partial charge in [0.05, 0.1) is 6.07 Å². The Morgan fingerprint density at radius 1 is 1.22 bits per heavy atom. The predicted molar refractivity (Wildman–Crippen MR) is 36.7 cm³/mol. The molecule has 0 bridgehead atoms. The lowest BCUT2D eigenvalue weighted by molar-refractivity contribution is 0.457. The second-order valence-electron chi connectivity index (χ2n) is 3.25. The first-order valence-electron chi connectivity index (χ1n) is 3.63. The highest BCUT2D eigenvalue weighted by atomic mass is 14.4. The van der Waals surface area contributed by atoms with Gasteiger partial charge in [-0.2, -0.15) is 5.26 Å². The van der Waals surface area contributed by atoms with E-state index in [0.29, 0.717) is 5.92 Å². The molecule has 0 N–H and O–H groups in total. The molecule has 0 aromatic carbocycles. The van der Waals surface area contributed by atoms with Gasteiger partial charge in [0, 0.05) is 5.92 Å². The molecule has 1 nitrogen and oxygen atoms in total. The molecule has 1 aliphatic rings. The molecule has 0 radical (unpaired) electrons. The Balaban J connectivity index is 2.46. The van der Waals surface area contributed by atoms with Crippen molar-refractivity contribution < 1.29 is 0 Å². The summed E-state index contributed by atoms with van der Waals surface area (Å²) < 4.78 is 0. The summed E-state index contributed by atoms with van der Waals surface area (Å²) in [5.41, 5.74) is 0. The normalized spacial score (nSPS) is 42.6. The molecule has 1 rings (SSSR count). The molecule has 1 aliphatic carbocycles. The van der Waals surface area contributed by atoms with Crippen LogP contribution < -0.4 is 0 Å². The Hall–Kier alpha value is -0.510. The van der Waals surface area contributed by atoms with Crippen LogP contribution in [0.25, 0.3) is 0 Å². The largest absolute Gasteiger partial charge is 0.198 e. The van der Waals surface area contributed by atoms with E-state index < -0.39 is 0 Å². The summed E-state index contributed by atoms with van der Waals surface area (Å²) in [4.78, 5) is 0. The third kappa shape index (κ3) is 1.24. The van der Waals surface area contributed by atoms with Crippen LogP contribution in [-0.2, 0) is 0 Å². The molecule has 0 aliphatic heterocycles. The van der Waals surface area contributed by atoms with Gasteiger partial charge < -0.3 is 0 Å². The minimum atomic E-state index is 0.356. The van der Waals surface area contributed by atoms with Gasteiger partial charge in [0.2, 0.25) is 0 Å². The van der Waals surface area contributed by atoms with Crippen LogP contribution in [0.3, 0.4) is 0 Å². The highest BCUT2D eigenvalue weighted by Gasteiger charge is 2.27. The van der Waals surface area contributed by atoms with Gasteiger partial charge in [-0.25, -0.2) is 0 Å². The fraction of sp³-hybridized carbons (Fsp3) is 0.875. The van der Waals surface area contributed by atoms with Gasteiger partial charge >= 0.3 is 0 Å². The van der Waals surface area contributed by atoms with E-state index in [-0.39, 0.29) is 0 Å². The maximum atomic E-state index is 8.55. The van der Waals surface area contributed by atoms with E-state index in [9.17, 15) is 0 Å². The Morgan fingerprint density at radius 2 is 1.67 bits per heavy atom. The van der Waals surface area contributed by atoms with Crippen molar-refractivity contribution in [3.8, 4) is 6.07 Å². The van der Waals surface area contributed by atoms with E-state index in [2.05, 4.69) is 19.9 Å². The summed E-state index contributed by atoms with van der Waals surface area (Å²) in [5.74, 6) is 1.90. The van der Waals surface area contributed by atoms with Crippen LogP contribution in [0.2, 0.25) is 0 Å². The standard InChI is InChI=1S/C8H13N/c1-6-3-8(5-9)4-7(6)2/h6-8H,3-4H2,1-2H3. The second kappa shape index (κ2) is 2.39. The number of nitrogens with zero attached hydrogens (tertiary/aromatic N) is 1. The average molecular weight is 123 g/mol. The number of hydrogen-bond acceptors (Lipinski definition) is 1. The van der Waals surface area contributed by atoms with Crippen molar-refractivity contribution in [3.05, 3.63) is 0 Å². The van der Waals surface area contributed by atoms with Gasteiger partial charge in [-0.05, 0) is 24.7 Å². The molecular weight excluding hydrogens is 110 g/mol. The third-order valence-corrected chi connectivity index (χ3v) is 2.47. The first kappa shape index (κ1) is 6.61. The first-order chi connectivity index (χ1) is 4.24. The van der Waals surface area contributed by atoms with Crippen molar-refractivity contribution in [1.82, 2.24) is 0 Å². The molecule has 1 heteroatoms. The fourth-order valence-corrected chi connectivity index (χ4v) is 1.56. The van der Waals surface area contributed by atoms with E-state index in [1.54, 1.807) is 0 Å². The number of nitriles is 1. The van der Waals surface area contributed by atoms with Crippen molar-refractivity contribution >= 4 is 0 Å². The summed E-state index contributed by atoms with van der Waals surface area (Å²) in [5, 5.41) is 8.55. The quantitative estimate of drug-likeness (QED) is 0.484. The van der Waals surface area contributed by atoms with Crippen molar-refractivity contribution in [2.75, 3.05) is 0 Å². The summed E-state index contributed by atoms with van der Waals surface area (Å²) in [6.45, 7) is 4.48. The van der Waals surface area contributed by atoms with E-state index >= 15 is 0 Å². The van der Waals surface area contributed by atoms with E-state index in [4.69, 9.17) is 5.26 Å². The van der Waals surface area contributed by atoms with Gasteiger partial charge in [0.1, 0.15) is 0 Å². The van der Waals surface area contributed by atoms with Gasteiger partial charge in [-0.3, -0.25) is 0 Å². The molecular formula is C8H13N. The Bertz CT molecular complexity index is 124. The number of rotatable bonds is 0. The Morgan fingerprint density at radius 3 is 1.89 bits per heavy atom. The van der Waals surface area contributed by atoms with Crippen molar-refractivity contribution in [3.63, 3.8) is 0 Å². The zero-order valence-electron chi connectivity index (χ0n) is 6.09. The molecule has 2 atom stereocenters. The van der Waals surface area contributed by atoms with E-state index in [0.717, 1.165) is 24.7 Å². The van der Waals surface area contributed by atoms with Crippen LogP contribution in [0.15, 0.2) is 0 Å². The molecule has 0 aromatic heterocycles. The molecule has 0 heterocycles. The summed E-state index contributed by atoms with van der Waals surface area (Å²) in [6.07, 6.45) is 2.25. The molecule has 2 unspecified atom stereocenters. The topological polar surface area (TPSA) is 23.8 Å². The molecule has 0 saturated heterocycles. The maximum Gasteiger partial charge on any atom is 0.0655 e. The average Bonchev–Trinajstić information content (AvgIpc) is 2.13. The SMILES string of the molecule is CC1CC(C#N)CC1C. The molecule has 1 fully saturated rings. The van der Waals surface area contributed by atoms with Crippen molar-refractivity contribution in [1.29, 1.82) is 5.26 Å². The van der Waals surface area contributed by atoms with Crippen LogP contribution in [-0.4, -0.2) is 0 Å². The van der Waals surface area contributed by atoms with Crippen molar-refractivity contribution in [2.24, 2.45) is 17.8 Å². The maximum absolute atomic E-state index is 8.55. The van der Waals surface area contributed by atoms with Crippen LogP contribution in [0.1, 0.15) is 26.7 Å². The molecule has 50 valence electrons. The highest BCUT2D eigenvalue weighted by Crippen LogP contribution is 2.34. The first-order valence-corrected chi connectivity index (χ1v) is 3.63. The fourth-order valence-electron chi connectivity index (χ4n) is 1.56. The molecule has 0 amide bonds. The van der Waals surface area contributed by atoms with Gasteiger partial charge in [0.25, 0.3) is 0 Å². The van der Waals surface area contributed by atoms with E-state index in [1.807, 2.05) is 0 Å². The zero-order valence-corrected chi connectivity index (χ0v) is 6.09. The minimum absolute atomic E-state index is 0.356. The summed E-state index contributed by atoms with van der Waals surface area (Å²) in [7, 11) is 0. The monoisotopic (exact) mass is 123 g/mol. The molecule has 0 aromatic rings. The second-order valence-corrected chi connectivity index (χ2v) is 3.25. The highest BCUT2D eigenvalue weighted by molar-refractivity contribution is 4.91. The van der Waals surface area contributed by atoms with Gasteiger partial charge in [-0.1, -0.05) is 13.8 Å². The summed E-state index contributed by atoms with van der Waals surface area (Å²) in [6, 6.07) is 2.32. The van der Waals surface area contributed by atoms with Crippen LogP contribution in [0.5, 0.6) is 0 Å². The summed E-state index contributed by atoms with van der Waals surface area (Å²) >= 11 is 0. The zero-order chi connectivity index (χ0) is 6.85. The lowest BCUT2D eigenvalue weighted by Crippen LogP contribution is -1.95. The van der Waals surface area contributed by atoms with Gasteiger partial charge in [-0.15, -0.1) is 0 Å². The van der Waals surface area contributed by atoms with Crippen LogP contribution in [0, 0.1) is 29.1 Å². The van der Waals surface area contributed by atoms with Gasteiger partial charge in [0.15, 0.2) is 0 Å². The smallest absolute Gasteiger partial charge is 0.0655 e. The lowest BCUT2D eigenvalue weighted by atomic mass is 10.0. The number of hydrogen-bond donors (Lipinski definition) is 0. The van der Waals surface area contributed by atoms with Crippen molar-refractivity contribution in [2.45, 2.75) is 26.7 Å². The molecule has 1 saturated carbocycles. The van der Waals surface area contributed by atoms with E-state index in [1.165, 1.54) is 0 Å². The van der Waals surface area contributed by atoms with Crippen LogP contribution >= 0.6 is 0 Å².